The van der Waals surface area contributed by atoms with Gasteiger partial charge in [-0.1, -0.05) is 6.92 Å². The molecule has 1 N–H and O–H groups in total. The van der Waals surface area contributed by atoms with Crippen LogP contribution < -0.4 is 5.32 Å². The van der Waals surface area contributed by atoms with E-state index in [1.165, 1.54) is 19.3 Å². The number of hydrogen-bond donors (Lipinski definition) is 1. The monoisotopic (exact) mass is 243 g/mol. The van der Waals surface area contributed by atoms with Crippen LogP contribution in [0.3, 0.4) is 0 Å². The molecule has 1 fully saturated rings. The molecule has 0 aliphatic carbocycles. The highest BCUT2D eigenvalue weighted by Crippen LogP contribution is 2.26. The first kappa shape index (κ1) is 14.9. The Morgan fingerprint density at radius 1 is 1.29 bits per heavy atom. The van der Waals surface area contributed by atoms with E-state index in [9.17, 15) is 0 Å². The maximum atomic E-state index is 5.89. The quantitative estimate of drug-likeness (QED) is 0.745. The molecule has 1 aliphatic heterocycles. The van der Waals surface area contributed by atoms with Crippen molar-refractivity contribution in [3.63, 3.8) is 0 Å². The molecule has 0 aromatic carbocycles. The predicted molar refractivity (Wildman–Crippen MR) is 71.3 cm³/mol. The Morgan fingerprint density at radius 3 is 2.47 bits per heavy atom. The summed E-state index contributed by atoms with van der Waals surface area (Å²) in [4.78, 5) is 0. The minimum absolute atomic E-state index is 0.0803. The van der Waals surface area contributed by atoms with Crippen molar-refractivity contribution in [3.05, 3.63) is 0 Å². The van der Waals surface area contributed by atoms with Crippen molar-refractivity contribution in [1.82, 2.24) is 5.32 Å². The summed E-state index contributed by atoms with van der Waals surface area (Å²) in [7, 11) is 0. The van der Waals surface area contributed by atoms with Crippen molar-refractivity contribution >= 4 is 0 Å². The molecule has 3 nitrogen and oxygen atoms in total. The molecule has 1 saturated heterocycles. The molecule has 0 aromatic rings. The van der Waals surface area contributed by atoms with E-state index in [0.717, 1.165) is 32.3 Å². The van der Waals surface area contributed by atoms with Gasteiger partial charge < -0.3 is 14.8 Å². The van der Waals surface area contributed by atoms with Crippen molar-refractivity contribution in [2.45, 2.75) is 58.6 Å². The Hall–Kier alpha value is -0.120. The van der Waals surface area contributed by atoms with Crippen LogP contribution in [0.15, 0.2) is 0 Å². The van der Waals surface area contributed by atoms with Crippen LogP contribution in [0.4, 0.5) is 0 Å². The zero-order valence-corrected chi connectivity index (χ0v) is 11.9. The van der Waals surface area contributed by atoms with Gasteiger partial charge in [-0.25, -0.2) is 0 Å². The maximum absolute atomic E-state index is 5.89. The average molecular weight is 243 g/mol. The Kier molecular flexibility index (Phi) is 6.45. The summed E-state index contributed by atoms with van der Waals surface area (Å²) in [5, 5.41) is 3.59. The van der Waals surface area contributed by atoms with Crippen molar-refractivity contribution < 1.29 is 9.47 Å². The molecule has 17 heavy (non-hydrogen) atoms. The summed E-state index contributed by atoms with van der Waals surface area (Å²) in [6.07, 6.45) is 3.60. The lowest BCUT2D eigenvalue weighted by Gasteiger charge is -2.37. The van der Waals surface area contributed by atoms with Gasteiger partial charge in [-0.15, -0.1) is 0 Å². The molecule has 1 heterocycles. The molecule has 1 atom stereocenters. The third kappa shape index (κ3) is 4.94. The van der Waals surface area contributed by atoms with Crippen LogP contribution in [0.5, 0.6) is 0 Å². The van der Waals surface area contributed by atoms with Crippen molar-refractivity contribution in [1.29, 1.82) is 0 Å². The lowest BCUT2D eigenvalue weighted by Crippen LogP contribution is -2.50. The smallest absolute Gasteiger partial charge is 0.0778 e. The van der Waals surface area contributed by atoms with E-state index in [-0.39, 0.29) is 5.60 Å². The molecule has 0 aromatic heterocycles. The second kappa shape index (κ2) is 7.34. The summed E-state index contributed by atoms with van der Waals surface area (Å²) in [6, 6.07) is 0.440. The second-order valence-electron chi connectivity index (χ2n) is 5.44. The van der Waals surface area contributed by atoms with Crippen LogP contribution in [-0.4, -0.2) is 38.0 Å². The Bertz CT molecular complexity index is 200. The van der Waals surface area contributed by atoms with Crippen LogP contribution >= 0.6 is 0 Å². The number of likely N-dealkylation sites (N-methyl/N-ethyl adjacent to an activating group) is 1. The Balaban J connectivity index is 2.51. The van der Waals surface area contributed by atoms with E-state index in [1.54, 1.807) is 0 Å². The molecule has 0 amide bonds. The van der Waals surface area contributed by atoms with Gasteiger partial charge in [0.1, 0.15) is 0 Å². The van der Waals surface area contributed by atoms with E-state index < -0.39 is 0 Å². The van der Waals surface area contributed by atoms with Crippen LogP contribution in [0.25, 0.3) is 0 Å². The average Bonchev–Trinajstić information content (AvgIpc) is 2.30. The molecule has 0 saturated carbocycles. The summed E-state index contributed by atoms with van der Waals surface area (Å²) >= 11 is 0. The Morgan fingerprint density at radius 2 is 1.94 bits per heavy atom. The topological polar surface area (TPSA) is 30.5 Å². The lowest BCUT2D eigenvalue weighted by molar-refractivity contribution is -0.0479. The van der Waals surface area contributed by atoms with E-state index in [1.807, 2.05) is 0 Å². The van der Waals surface area contributed by atoms with Gasteiger partial charge in [-0.3, -0.25) is 0 Å². The third-order valence-electron chi connectivity index (χ3n) is 3.72. The number of nitrogens with one attached hydrogen (secondary N) is 1. The minimum Gasteiger partial charge on any atom is -0.381 e. The first-order chi connectivity index (χ1) is 8.10. The van der Waals surface area contributed by atoms with Gasteiger partial charge in [0, 0.05) is 25.9 Å². The Labute approximate surface area is 106 Å². The molecule has 0 radical (unpaired) electrons. The van der Waals surface area contributed by atoms with Crippen LogP contribution in [0.2, 0.25) is 0 Å². The summed E-state index contributed by atoms with van der Waals surface area (Å²) < 4.78 is 11.3. The van der Waals surface area contributed by atoms with Crippen LogP contribution in [0.1, 0.15) is 47.0 Å². The first-order valence-electron chi connectivity index (χ1n) is 7.05. The maximum Gasteiger partial charge on any atom is 0.0778 e. The predicted octanol–water partition coefficient (Wildman–Crippen LogP) is 2.60. The highest BCUT2D eigenvalue weighted by atomic mass is 16.5. The molecule has 3 heteroatoms. The molecule has 0 bridgehead atoms. The highest BCUT2D eigenvalue weighted by Gasteiger charge is 2.31. The van der Waals surface area contributed by atoms with E-state index >= 15 is 0 Å². The molecule has 102 valence electrons. The van der Waals surface area contributed by atoms with Crippen molar-refractivity contribution in [3.8, 4) is 0 Å². The van der Waals surface area contributed by atoms with Gasteiger partial charge in [0.15, 0.2) is 0 Å². The fourth-order valence-corrected chi connectivity index (χ4v) is 2.65. The molecule has 1 rings (SSSR count). The van der Waals surface area contributed by atoms with E-state index in [4.69, 9.17) is 9.47 Å². The summed E-state index contributed by atoms with van der Waals surface area (Å²) in [5.41, 5.74) is -0.0803. The lowest BCUT2D eigenvalue weighted by atomic mass is 9.85. The molecular formula is C14H29NO2. The zero-order valence-electron chi connectivity index (χ0n) is 11.9. The third-order valence-corrected chi connectivity index (χ3v) is 3.72. The second-order valence-corrected chi connectivity index (χ2v) is 5.44. The van der Waals surface area contributed by atoms with E-state index in [0.29, 0.717) is 6.04 Å². The SMILES string of the molecule is CCNC(CC1CCOCC1)C(C)(C)OCC. The first-order valence-corrected chi connectivity index (χ1v) is 7.05. The van der Waals surface area contributed by atoms with Crippen LogP contribution in [0, 0.1) is 5.92 Å². The van der Waals surface area contributed by atoms with Gasteiger partial charge in [0.2, 0.25) is 0 Å². The number of hydrogen-bond acceptors (Lipinski definition) is 3. The molecule has 1 aliphatic rings. The molecule has 0 spiro atoms. The van der Waals surface area contributed by atoms with Crippen molar-refractivity contribution in [2.75, 3.05) is 26.4 Å². The minimum atomic E-state index is -0.0803. The van der Waals surface area contributed by atoms with Gasteiger partial charge in [-0.05, 0) is 52.5 Å². The fraction of sp³-hybridized carbons (Fsp3) is 1.00. The largest absolute Gasteiger partial charge is 0.381 e. The van der Waals surface area contributed by atoms with Gasteiger partial charge in [0.05, 0.1) is 5.60 Å². The highest BCUT2D eigenvalue weighted by molar-refractivity contribution is 4.87. The molecule has 1 unspecified atom stereocenters. The number of ether oxygens (including phenoxy) is 2. The standard InChI is InChI=1S/C14H29NO2/c1-5-15-13(14(3,4)17-6-2)11-12-7-9-16-10-8-12/h12-13,15H,5-11H2,1-4H3. The normalized spacial score (nSPS) is 20.5. The summed E-state index contributed by atoms with van der Waals surface area (Å²) in [5.74, 6) is 0.785. The fourth-order valence-electron chi connectivity index (χ4n) is 2.65. The van der Waals surface area contributed by atoms with Gasteiger partial charge in [-0.2, -0.15) is 0 Å². The number of rotatable bonds is 7. The van der Waals surface area contributed by atoms with Crippen LogP contribution in [-0.2, 0) is 9.47 Å². The van der Waals surface area contributed by atoms with Gasteiger partial charge in [0.25, 0.3) is 0 Å². The zero-order chi connectivity index (χ0) is 12.7. The summed E-state index contributed by atoms with van der Waals surface area (Å²) in [6.45, 7) is 12.3. The van der Waals surface area contributed by atoms with E-state index in [2.05, 4.69) is 33.0 Å². The van der Waals surface area contributed by atoms with Gasteiger partial charge >= 0.3 is 0 Å². The van der Waals surface area contributed by atoms with Crippen molar-refractivity contribution in [2.24, 2.45) is 5.92 Å². The molecular weight excluding hydrogens is 214 g/mol.